The van der Waals surface area contributed by atoms with Gasteiger partial charge in [0.15, 0.2) is 0 Å². The molecule has 0 aliphatic carbocycles. The van der Waals surface area contributed by atoms with Crippen molar-refractivity contribution >= 4 is 36.6 Å². The van der Waals surface area contributed by atoms with E-state index in [-0.39, 0.29) is 11.4 Å². The van der Waals surface area contributed by atoms with E-state index in [4.69, 9.17) is 0 Å². The lowest BCUT2D eigenvalue weighted by molar-refractivity contribution is -0.110. The van der Waals surface area contributed by atoms with Gasteiger partial charge in [0.1, 0.15) is 0 Å². The zero-order valence-corrected chi connectivity index (χ0v) is 9.35. The summed E-state index contributed by atoms with van der Waals surface area (Å²) in [5.41, 5.74) is 0.479. The van der Waals surface area contributed by atoms with Gasteiger partial charge in [-0.05, 0) is 18.2 Å². The third-order valence-electron chi connectivity index (χ3n) is 1.96. The zero-order chi connectivity index (χ0) is 10.3. The first kappa shape index (κ1) is 9.67. The molecule has 1 heterocycles. The number of carbonyl (C=O) groups excluding carboxylic acids is 1. The number of hydrogen-bond acceptors (Lipinski definition) is 4. The Kier molecular flexibility index (Phi) is 2.11. The van der Waals surface area contributed by atoms with E-state index in [1.807, 2.05) is 0 Å². The van der Waals surface area contributed by atoms with Crippen LogP contribution in [0, 0.1) is 0 Å². The van der Waals surface area contributed by atoms with Crippen LogP contribution in [0.4, 0.5) is 5.69 Å². The fourth-order valence-corrected chi connectivity index (χ4v) is 2.98. The fraction of sp³-hybridized carbons (Fsp3) is 0.125. The fourth-order valence-electron chi connectivity index (χ4n) is 1.25. The van der Waals surface area contributed by atoms with Gasteiger partial charge >= 0.3 is 0 Å². The van der Waals surface area contributed by atoms with E-state index < -0.39 is 15.0 Å². The van der Waals surface area contributed by atoms with Crippen molar-refractivity contribution in [1.82, 2.24) is 0 Å². The van der Waals surface area contributed by atoms with Crippen LogP contribution in [-0.2, 0) is 14.6 Å². The second kappa shape index (κ2) is 3.06. The Morgan fingerprint density at radius 2 is 2.07 bits per heavy atom. The predicted molar refractivity (Wildman–Crippen MR) is 54.8 cm³/mol. The van der Waals surface area contributed by atoms with Crippen molar-refractivity contribution < 1.29 is 13.2 Å². The molecular weight excluding hydrogens is 270 g/mol. The van der Waals surface area contributed by atoms with E-state index in [9.17, 15) is 13.2 Å². The highest BCUT2D eigenvalue weighted by atomic mass is 79.9. The smallest absolute Gasteiger partial charge is 0.270 e. The largest absolute Gasteiger partial charge is 0.376 e. The van der Waals surface area contributed by atoms with Crippen LogP contribution in [0.5, 0.6) is 0 Å². The van der Waals surface area contributed by atoms with Crippen molar-refractivity contribution in [2.24, 2.45) is 0 Å². The molecule has 1 N–H and O–H groups in total. The van der Waals surface area contributed by atoms with Crippen molar-refractivity contribution in [2.45, 2.75) is 4.90 Å². The molecule has 0 fully saturated rings. The average Bonchev–Trinajstić information content (AvgIpc) is 2.13. The number of halogens is 1. The molecule has 0 saturated heterocycles. The summed E-state index contributed by atoms with van der Waals surface area (Å²) in [5.74, 6) is 0. The number of fused-ring (bicyclic) bond motifs is 1. The van der Waals surface area contributed by atoms with Gasteiger partial charge in [-0.15, -0.1) is 0 Å². The number of anilines is 1. The topological polar surface area (TPSA) is 63.2 Å². The summed E-state index contributed by atoms with van der Waals surface area (Å²) >= 11 is 3.16. The van der Waals surface area contributed by atoms with Crippen molar-refractivity contribution in [3.8, 4) is 0 Å². The minimum absolute atomic E-state index is 0.0446. The first-order valence-electron chi connectivity index (χ1n) is 3.83. The van der Waals surface area contributed by atoms with E-state index in [2.05, 4.69) is 21.2 Å². The minimum Gasteiger partial charge on any atom is -0.376 e. The lowest BCUT2D eigenvalue weighted by Crippen LogP contribution is -2.29. The molecule has 0 amide bonds. The molecule has 4 nitrogen and oxygen atoms in total. The zero-order valence-electron chi connectivity index (χ0n) is 6.95. The number of nitrogens with one attached hydrogen (secondary N) is 1. The van der Waals surface area contributed by atoms with Crippen LogP contribution in [0.1, 0.15) is 0 Å². The number of benzene rings is 1. The third-order valence-corrected chi connectivity index (χ3v) is 4.11. The Morgan fingerprint density at radius 1 is 1.36 bits per heavy atom. The Bertz CT molecular complexity index is 509. The predicted octanol–water partition coefficient (Wildman–Crippen LogP) is 1.17. The molecule has 6 heteroatoms. The maximum atomic E-state index is 11.5. The van der Waals surface area contributed by atoms with E-state index in [1.54, 1.807) is 12.1 Å². The summed E-state index contributed by atoms with van der Waals surface area (Å²) in [6, 6.07) is 4.77. The molecule has 0 spiro atoms. The quantitative estimate of drug-likeness (QED) is 0.772. The molecule has 1 aliphatic rings. The molecule has 0 atom stereocenters. The monoisotopic (exact) mass is 275 g/mol. The standard InChI is InChI=1S/C8H6BrNO3S/c9-5-1-2-6-7(3-5)14(12,13)8(11)4-10-6/h1-3,10H,4H2. The van der Waals surface area contributed by atoms with Crippen LogP contribution in [0.15, 0.2) is 27.6 Å². The van der Waals surface area contributed by atoms with Gasteiger partial charge in [-0.1, -0.05) is 15.9 Å². The lowest BCUT2D eigenvalue weighted by Gasteiger charge is -2.16. The third kappa shape index (κ3) is 1.34. The van der Waals surface area contributed by atoms with E-state index >= 15 is 0 Å². The van der Waals surface area contributed by atoms with E-state index in [1.165, 1.54) is 6.07 Å². The molecule has 0 saturated carbocycles. The van der Waals surface area contributed by atoms with Gasteiger partial charge in [0.2, 0.25) is 9.84 Å². The molecule has 2 rings (SSSR count). The van der Waals surface area contributed by atoms with Gasteiger partial charge in [-0.3, -0.25) is 4.79 Å². The molecule has 1 aromatic rings. The molecular formula is C8H6BrNO3S. The molecule has 0 radical (unpaired) electrons. The highest BCUT2D eigenvalue weighted by molar-refractivity contribution is 9.10. The van der Waals surface area contributed by atoms with Crippen molar-refractivity contribution in [1.29, 1.82) is 0 Å². The van der Waals surface area contributed by atoms with Gasteiger partial charge in [-0.25, -0.2) is 8.42 Å². The van der Waals surface area contributed by atoms with Gasteiger partial charge in [0, 0.05) is 4.47 Å². The van der Waals surface area contributed by atoms with Gasteiger partial charge in [0.05, 0.1) is 17.1 Å². The number of hydrogen-bond donors (Lipinski definition) is 1. The lowest BCUT2D eigenvalue weighted by atomic mass is 10.3. The summed E-state index contributed by atoms with van der Waals surface area (Å²) in [7, 11) is -3.77. The van der Waals surface area contributed by atoms with Crippen molar-refractivity contribution in [3.63, 3.8) is 0 Å². The average molecular weight is 276 g/mol. The van der Waals surface area contributed by atoms with Gasteiger partial charge in [-0.2, -0.15) is 0 Å². The molecule has 0 aromatic heterocycles. The maximum Gasteiger partial charge on any atom is 0.270 e. The van der Waals surface area contributed by atoms with Gasteiger partial charge in [0.25, 0.3) is 5.12 Å². The van der Waals surface area contributed by atoms with Crippen LogP contribution in [0.2, 0.25) is 0 Å². The normalized spacial score (nSPS) is 18.5. The Morgan fingerprint density at radius 3 is 2.79 bits per heavy atom. The number of sulfone groups is 1. The summed E-state index contributed by atoms with van der Waals surface area (Å²) < 4.78 is 23.7. The summed E-state index contributed by atoms with van der Waals surface area (Å²) in [6.07, 6.45) is 0. The summed E-state index contributed by atoms with van der Waals surface area (Å²) in [5, 5.41) is 1.96. The molecule has 14 heavy (non-hydrogen) atoms. The number of carbonyl (C=O) groups is 1. The number of rotatable bonds is 0. The molecule has 0 bridgehead atoms. The van der Waals surface area contributed by atoms with Gasteiger partial charge < -0.3 is 5.32 Å². The summed E-state index contributed by atoms with van der Waals surface area (Å²) in [4.78, 5) is 11.2. The van der Waals surface area contributed by atoms with Crippen LogP contribution in [-0.4, -0.2) is 20.1 Å². The van der Waals surface area contributed by atoms with Crippen LogP contribution >= 0.6 is 15.9 Å². The van der Waals surface area contributed by atoms with Crippen molar-refractivity contribution in [3.05, 3.63) is 22.7 Å². The second-order valence-electron chi connectivity index (χ2n) is 2.87. The highest BCUT2D eigenvalue weighted by Gasteiger charge is 2.31. The van der Waals surface area contributed by atoms with Crippen LogP contribution < -0.4 is 5.32 Å². The first-order valence-corrected chi connectivity index (χ1v) is 6.11. The summed E-state index contributed by atoms with van der Waals surface area (Å²) in [6.45, 7) is -0.156. The molecule has 74 valence electrons. The van der Waals surface area contributed by atoms with Crippen LogP contribution in [0.25, 0.3) is 0 Å². The molecule has 1 aromatic carbocycles. The van der Waals surface area contributed by atoms with E-state index in [0.717, 1.165) is 0 Å². The minimum atomic E-state index is -3.77. The first-order chi connectivity index (χ1) is 6.51. The van der Waals surface area contributed by atoms with E-state index in [0.29, 0.717) is 10.2 Å². The Hall–Kier alpha value is -0.880. The maximum absolute atomic E-state index is 11.5. The van der Waals surface area contributed by atoms with Crippen LogP contribution in [0.3, 0.4) is 0 Å². The SMILES string of the molecule is O=C1CNc2ccc(Br)cc2S1(=O)=O. The second-order valence-corrected chi connectivity index (χ2v) is 5.69. The Labute approximate surface area is 89.4 Å². The molecule has 1 aliphatic heterocycles. The highest BCUT2D eigenvalue weighted by Crippen LogP contribution is 2.29. The Balaban J connectivity index is 2.74. The van der Waals surface area contributed by atoms with Crippen molar-refractivity contribution in [2.75, 3.05) is 11.9 Å². The molecule has 0 unspecified atom stereocenters.